The van der Waals surface area contributed by atoms with Gasteiger partial charge < -0.3 is 0 Å². The van der Waals surface area contributed by atoms with Crippen LogP contribution >= 0.6 is 0 Å². The summed E-state index contributed by atoms with van der Waals surface area (Å²) >= 11 is 0. The molecule has 0 radical (unpaired) electrons. The van der Waals surface area contributed by atoms with Gasteiger partial charge in [-0.1, -0.05) is 13.8 Å². The van der Waals surface area contributed by atoms with Crippen LogP contribution in [0.3, 0.4) is 0 Å². The molecule has 0 saturated carbocycles. The van der Waals surface area contributed by atoms with Crippen molar-refractivity contribution in [3.8, 4) is 0 Å². The van der Waals surface area contributed by atoms with Crippen molar-refractivity contribution in [1.29, 1.82) is 0 Å². The molecule has 0 bridgehead atoms. The molecule has 1 rings (SSSR count). The van der Waals surface area contributed by atoms with Crippen molar-refractivity contribution in [2.45, 2.75) is 27.2 Å². The molecule has 12 heavy (non-hydrogen) atoms. The van der Waals surface area contributed by atoms with E-state index in [0.29, 0.717) is 0 Å². The quantitative estimate of drug-likeness (QED) is 0.566. The van der Waals surface area contributed by atoms with Crippen molar-refractivity contribution in [3.05, 3.63) is 0 Å². The lowest BCUT2D eigenvalue weighted by atomic mass is 10.1. The fraction of sp³-hybridized carbons (Fsp3) is 0.900. The molecule has 0 aliphatic carbocycles. The van der Waals surface area contributed by atoms with E-state index in [2.05, 4.69) is 37.3 Å². The number of hydrogen-bond donors (Lipinski definition) is 0. The highest BCUT2D eigenvalue weighted by molar-refractivity contribution is 5.77. The van der Waals surface area contributed by atoms with Crippen LogP contribution in [0.5, 0.6) is 0 Å². The van der Waals surface area contributed by atoms with Crippen LogP contribution in [0.4, 0.5) is 0 Å². The fourth-order valence-electron chi connectivity index (χ4n) is 2.16. The van der Waals surface area contributed by atoms with Gasteiger partial charge in [0.2, 0.25) is 5.84 Å². The van der Waals surface area contributed by atoms with Crippen LogP contribution in [0.2, 0.25) is 0 Å². The Labute approximate surface area is 75.9 Å². The van der Waals surface area contributed by atoms with Crippen molar-refractivity contribution in [1.82, 2.24) is 4.90 Å². The number of hydrogen-bond acceptors (Lipinski definition) is 1. The molecule has 0 N–H and O–H groups in total. The smallest absolute Gasteiger partial charge is 0.246 e. The third-order valence-electron chi connectivity index (χ3n) is 2.62. The van der Waals surface area contributed by atoms with Gasteiger partial charge in [-0.05, 0) is 6.92 Å². The topological polar surface area (TPSA) is 6.25 Å². The van der Waals surface area contributed by atoms with Crippen LogP contribution in [-0.4, -0.2) is 42.0 Å². The predicted molar refractivity (Wildman–Crippen MR) is 52.8 cm³/mol. The van der Waals surface area contributed by atoms with Crippen LogP contribution in [0.1, 0.15) is 27.2 Å². The van der Waals surface area contributed by atoms with E-state index >= 15 is 0 Å². The summed E-state index contributed by atoms with van der Waals surface area (Å²) in [6, 6.07) is 0. The second-order valence-electron chi connectivity index (χ2n) is 3.79. The van der Waals surface area contributed by atoms with Gasteiger partial charge in [-0.2, -0.15) is 0 Å². The Bertz CT molecular complexity index is 184. The molecule has 1 heterocycles. The van der Waals surface area contributed by atoms with Gasteiger partial charge in [0.1, 0.15) is 0 Å². The van der Waals surface area contributed by atoms with Gasteiger partial charge in [0, 0.05) is 12.3 Å². The Hall–Kier alpha value is -0.530. The van der Waals surface area contributed by atoms with E-state index < -0.39 is 0 Å². The minimum Gasteiger partial charge on any atom is -0.268 e. The Balaban J connectivity index is 2.79. The monoisotopic (exact) mass is 169 g/mol. The normalized spacial score (nSPS) is 25.0. The molecule has 0 amide bonds. The largest absolute Gasteiger partial charge is 0.268 e. The molecule has 1 aliphatic heterocycles. The second-order valence-corrected chi connectivity index (χ2v) is 3.79. The molecule has 0 aromatic carbocycles. The van der Waals surface area contributed by atoms with E-state index in [-0.39, 0.29) is 0 Å². The van der Waals surface area contributed by atoms with Crippen LogP contribution in [0.15, 0.2) is 0 Å². The lowest BCUT2D eigenvalue weighted by Gasteiger charge is -2.27. The maximum atomic E-state index is 2.49. The molecule has 2 heteroatoms. The van der Waals surface area contributed by atoms with Gasteiger partial charge in [0.25, 0.3) is 0 Å². The highest BCUT2D eigenvalue weighted by Gasteiger charge is 2.26. The summed E-state index contributed by atoms with van der Waals surface area (Å²) in [5.41, 5.74) is 0. The van der Waals surface area contributed by atoms with Gasteiger partial charge in [0.05, 0.1) is 26.7 Å². The Kier molecular flexibility index (Phi) is 3.12. The van der Waals surface area contributed by atoms with E-state index in [1.165, 1.54) is 18.9 Å². The van der Waals surface area contributed by atoms with E-state index in [0.717, 1.165) is 18.9 Å². The van der Waals surface area contributed by atoms with Crippen molar-refractivity contribution in [2.75, 3.05) is 26.7 Å². The first-order valence-electron chi connectivity index (χ1n) is 5.00. The van der Waals surface area contributed by atoms with Crippen LogP contribution in [0, 0.1) is 5.92 Å². The average molecular weight is 169 g/mol. The Morgan fingerprint density at radius 2 is 2.17 bits per heavy atom. The van der Waals surface area contributed by atoms with Gasteiger partial charge in [-0.3, -0.25) is 9.48 Å². The minimum atomic E-state index is 0.810. The molecule has 1 aliphatic rings. The Morgan fingerprint density at radius 3 is 2.67 bits per heavy atom. The van der Waals surface area contributed by atoms with Gasteiger partial charge in [-0.15, -0.1) is 0 Å². The lowest BCUT2D eigenvalue weighted by Crippen LogP contribution is -2.46. The fourth-order valence-corrected chi connectivity index (χ4v) is 2.16. The molecule has 0 fully saturated rings. The maximum absolute atomic E-state index is 2.49. The molecular weight excluding hydrogens is 148 g/mol. The molecule has 0 aromatic rings. The first-order valence-corrected chi connectivity index (χ1v) is 5.00. The highest BCUT2D eigenvalue weighted by atomic mass is 15.3. The molecule has 70 valence electrons. The molecule has 0 saturated heterocycles. The lowest BCUT2D eigenvalue weighted by molar-refractivity contribution is -0.517. The summed E-state index contributed by atoms with van der Waals surface area (Å²) in [5.74, 6) is 2.32. The van der Waals surface area contributed by atoms with E-state index in [1.807, 2.05) is 0 Å². The SMILES string of the molecule is CCC1=[N+](C)CC(C)CN1CC. The predicted octanol–water partition coefficient (Wildman–Crippen LogP) is 1.41. The van der Waals surface area contributed by atoms with Crippen molar-refractivity contribution >= 4 is 5.84 Å². The average Bonchev–Trinajstić information content (AvgIpc) is 2.03. The van der Waals surface area contributed by atoms with Crippen molar-refractivity contribution in [3.63, 3.8) is 0 Å². The molecule has 1 atom stereocenters. The van der Waals surface area contributed by atoms with Gasteiger partial charge in [0.15, 0.2) is 0 Å². The minimum absolute atomic E-state index is 0.810. The number of nitrogens with zero attached hydrogens (tertiary/aromatic N) is 2. The first-order chi connectivity index (χ1) is 5.69. The van der Waals surface area contributed by atoms with Crippen LogP contribution in [0.25, 0.3) is 0 Å². The second kappa shape index (κ2) is 3.92. The summed E-state index contributed by atoms with van der Waals surface area (Å²) in [6.07, 6.45) is 1.16. The summed E-state index contributed by atoms with van der Waals surface area (Å²) in [4.78, 5) is 2.49. The molecule has 0 aromatic heterocycles. The number of rotatable bonds is 2. The van der Waals surface area contributed by atoms with E-state index in [9.17, 15) is 0 Å². The standard InChI is InChI=1S/C10H21N2/c1-5-10-11(4)7-9(3)8-12(10)6-2/h9H,5-8H2,1-4H3/q+1. The summed E-state index contributed by atoms with van der Waals surface area (Å²) in [5, 5.41) is 0. The molecule has 1 unspecified atom stereocenters. The van der Waals surface area contributed by atoms with E-state index in [1.54, 1.807) is 0 Å². The molecule has 0 spiro atoms. The summed E-state index contributed by atoms with van der Waals surface area (Å²) in [7, 11) is 2.21. The van der Waals surface area contributed by atoms with Crippen molar-refractivity contribution < 1.29 is 4.58 Å². The first kappa shape index (κ1) is 9.56. The zero-order chi connectivity index (χ0) is 9.14. The van der Waals surface area contributed by atoms with Crippen LogP contribution < -0.4 is 0 Å². The maximum Gasteiger partial charge on any atom is 0.246 e. The van der Waals surface area contributed by atoms with Gasteiger partial charge in [-0.25, -0.2) is 0 Å². The third kappa shape index (κ3) is 1.79. The van der Waals surface area contributed by atoms with Crippen LogP contribution in [-0.2, 0) is 0 Å². The zero-order valence-electron chi connectivity index (χ0n) is 8.80. The van der Waals surface area contributed by atoms with Crippen molar-refractivity contribution in [2.24, 2.45) is 5.92 Å². The zero-order valence-corrected chi connectivity index (χ0v) is 8.80. The molecular formula is C10H21N2+. The van der Waals surface area contributed by atoms with Gasteiger partial charge >= 0.3 is 0 Å². The Morgan fingerprint density at radius 1 is 1.50 bits per heavy atom. The summed E-state index contributed by atoms with van der Waals surface area (Å²) in [6.45, 7) is 10.4. The third-order valence-corrected chi connectivity index (χ3v) is 2.62. The van der Waals surface area contributed by atoms with E-state index in [4.69, 9.17) is 0 Å². The molecule has 2 nitrogen and oxygen atoms in total. The number of amidine groups is 1. The highest BCUT2D eigenvalue weighted by Crippen LogP contribution is 2.09. The summed E-state index contributed by atoms with van der Waals surface area (Å²) < 4.78 is 2.40.